The van der Waals surface area contributed by atoms with Crippen molar-refractivity contribution < 1.29 is 14.8 Å². The zero-order chi connectivity index (χ0) is 12.7. The van der Waals surface area contributed by atoms with Crippen molar-refractivity contribution in [2.45, 2.75) is 52.2 Å². The summed E-state index contributed by atoms with van der Waals surface area (Å²) in [6.07, 6.45) is -0.188. The molecule has 0 unspecified atom stereocenters. The molecule has 0 saturated carbocycles. The molecule has 0 atom stereocenters. The van der Waals surface area contributed by atoms with Crippen molar-refractivity contribution in [2.75, 3.05) is 0 Å². The zero-order valence-corrected chi connectivity index (χ0v) is 10.3. The third-order valence-corrected chi connectivity index (χ3v) is 2.64. The van der Waals surface area contributed by atoms with Crippen molar-refractivity contribution in [1.29, 1.82) is 0 Å². The summed E-state index contributed by atoms with van der Waals surface area (Å²) in [5.41, 5.74) is -1.70. The van der Waals surface area contributed by atoms with E-state index < -0.39 is 11.2 Å². The van der Waals surface area contributed by atoms with Crippen LogP contribution in [0.3, 0.4) is 0 Å². The van der Waals surface area contributed by atoms with Gasteiger partial charge in [0.25, 0.3) is 0 Å². The quantitative estimate of drug-likeness (QED) is 0.676. The molecule has 0 aliphatic carbocycles. The minimum atomic E-state index is -0.962. The van der Waals surface area contributed by atoms with Crippen molar-refractivity contribution in [3.63, 3.8) is 0 Å². The van der Waals surface area contributed by atoms with Crippen molar-refractivity contribution in [3.8, 4) is 0 Å². The largest absolute Gasteiger partial charge is 0.300 e. The molecular formula is C11H17N2O3. The lowest BCUT2D eigenvalue weighted by Gasteiger charge is -2.30. The molecule has 89 valence electrons. The van der Waals surface area contributed by atoms with E-state index in [0.29, 0.717) is 0 Å². The Bertz CT molecular complexity index is 369. The maximum Gasteiger partial charge on any atom is 0.186 e. The van der Waals surface area contributed by atoms with Gasteiger partial charge in [-0.15, -0.1) is 10.3 Å². The second kappa shape index (κ2) is 3.75. The zero-order valence-electron chi connectivity index (χ0n) is 10.3. The van der Waals surface area contributed by atoms with Gasteiger partial charge in [-0.2, -0.15) is 0 Å². The van der Waals surface area contributed by atoms with Crippen LogP contribution in [0.2, 0.25) is 0 Å². The van der Waals surface area contributed by atoms with Crippen LogP contribution in [-0.4, -0.2) is 33.5 Å². The van der Waals surface area contributed by atoms with E-state index in [0.717, 1.165) is 5.06 Å². The highest BCUT2D eigenvalue weighted by molar-refractivity contribution is 6.45. The maximum atomic E-state index is 11.9. The van der Waals surface area contributed by atoms with E-state index in [9.17, 15) is 14.8 Å². The van der Waals surface area contributed by atoms with E-state index in [1.807, 2.05) is 0 Å². The molecule has 16 heavy (non-hydrogen) atoms. The van der Waals surface area contributed by atoms with E-state index >= 15 is 0 Å². The highest BCUT2D eigenvalue weighted by Gasteiger charge is 2.50. The Hall–Kier alpha value is -1.07. The number of nitrogens with zero attached hydrogens (tertiary/aromatic N) is 2. The number of carbonyl (C=O) groups is 2. The lowest BCUT2D eigenvalue weighted by Crippen LogP contribution is -2.50. The Labute approximate surface area is 95.1 Å². The molecule has 1 aliphatic rings. The Kier molecular flexibility index (Phi) is 3.04. The number of hydrogen-bond acceptors (Lipinski definition) is 4. The van der Waals surface area contributed by atoms with Crippen LogP contribution in [0.15, 0.2) is 4.99 Å². The van der Waals surface area contributed by atoms with Crippen LogP contribution in [0, 0.1) is 0 Å². The number of rotatable bonds is 3. The molecule has 0 amide bonds. The molecular weight excluding hydrogens is 208 g/mol. The molecule has 5 heteroatoms. The summed E-state index contributed by atoms with van der Waals surface area (Å²) in [4.78, 5) is 26.8. The first kappa shape index (κ1) is 13.0. The summed E-state index contributed by atoms with van der Waals surface area (Å²) in [6.45, 7) is 7.93. The summed E-state index contributed by atoms with van der Waals surface area (Å²) in [7, 11) is 0. The number of hydroxylamine groups is 2. The molecule has 0 aromatic heterocycles. The molecule has 0 bridgehead atoms. The van der Waals surface area contributed by atoms with Crippen LogP contribution in [0.4, 0.5) is 0 Å². The lowest BCUT2D eigenvalue weighted by atomic mass is 9.93. The average molecular weight is 225 g/mol. The highest BCUT2D eigenvalue weighted by atomic mass is 16.5. The number of ketones is 2. The molecule has 1 radical (unpaired) electrons. The van der Waals surface area contributed by atoms with Crippen molar-refractivity contribution >= 4 is 17.3 Å². The fraction of sp³-hybridized carbons (Fsp3) is 0.727. The first-order valence-electron chi connectivity index (χ1n) is 5.19. The minimum Gasteiger partial charge on any atom is -0.300 e. The topological polar surface area (TPSA) is 69.6 Å². The van der Waals surface area contributed by atoms with Crippen molar-refractivity contribution in [3.05, 3.63) is 0 Å². The van der Waals surface area contributed by atoms with E-state index in [2.05, 4.69) is 4.99 Å². The van der Waals surface area contributed by atoms with Crippen molar-refractivity contribution in [1.82, 2.24) is 5.06 Å². The molecule has 0 aromatic rings. The predicted octanol–water partition coefficient (Wildman–Crippen LogP) is 1.15. The first-order valence-corrected chi connectivity index (χ1v) is 5.19. The van der Waals surface area contributed by atoms with Gasteiger partial charge in [0.05, 0.1) is 12.0 Å². The molecule has 0 N–H and O–H groups in total. The van der Waals surface area contributed by atoms with Crippen molar-refractivity contribution in [2.24, 2.45) is 4.99 Å². The smallest absolute Gasteiger partial charge is 0.186 e. The molecule has 0 saturated heterocycles. The Morgan fingerprint density at radius 2 is 1.75 bits per heavy atom. The van der Waals surface area contributed by atoms with E-state index in [1.54, 1.807) is 27.7 Å². The SMILES string of the molecule is CC(=O)CC(=O)C1=NC(C)(C)N([O])C1(C)C. The molecule has 1 aliphatic heterocycles. The predicted molar refractivity (Wildman–Crippen MR) is 58.4 cm³/mol. The van der Waals surface area contributed by atoms with Crippen LogP contribution in [0.1, 0.15) is 41.0 Å². The van der Waals surface area contributed by atoms with E-state index in [4.69, 9.17) is 0 Å². The number of hydrogen-bond donors (Lipinski definition) is 0. The van der Waals surface area contributed by atoms with E-state index in [-0.39, 0.29) is 23.7 Å². The van der Waals surface area contributed by atoms with Gasteiger partial charge in [-0.05, 0) is 34.6 Å². The van der Waals surface area contributed by atoms with Crippen LogP contribution >= 0.6 is 0 Å². The second-order valence-corrected chi connectivity index (χ2v) is 5.11. The Balaban J connectivity index is 3.05. The molecule has 5 nitrogen and oxygen atoms in total. The normalized spacial score (nSPS) is 23.0. The monoisotopic (exact) mass is 225 g/mol. The van der Waals surface area contributed by atoms with Gasteiger partial charge < -0.3 is 0 Å². The Morgan fingerprint density at radius 1 is 1.25 bits per heavy atom. The minimum absolute atomic E-state index is 0.188. The van der Waals surface area contributed by atoms with Gasteiger partial charge in [-0.3, -0.25) is 14.6 Å². The Morgan fingerprint density at radius 3 is 2.06 bits per heavy atom. The van der Waals surface area contributed by atoms with Crippen LogP contribution in [0.25, 0.3) is 0 Å². The number of aliphatic imine (C=N–C) groups is 1. The van der Waals surface area contributed by atoms with Crippen LogP contribution < -0.4 is 0 Å². The highest BCUT2D eigenvalue weighted by Crippen LogP contribution is 2.33. The first-order chi connectivity index (χ1) is 7.09. The van der Waals surface area contributed by atoms with Gasteiger partial charge in [0.15, 0.2) is 5.78 Å². The third kappa shape index (κ3) is 2.05. The summed E-state index contributed by atoms with van der Waals surface area (Å²) >= 11 is 0. The third-order valence-electron chi connectivity index (χ3n) is 2.64. The molecule has 0 aromatic carbocycles. The maximum absolute atomic E-state index is 11.9. The molecule has 1 rings (SSSR count). The number of Topliss-reactive ketones (excluding diaryl/α,β-unsaturated/α-hetero) is 2. The molecule has 0 spiro atoms. The van der Waals surface area contributed by atoms with Gasteiger partial charge in [-0.1, -0.05) is 0 Å². The lowest BCUT2D eigenvalue weighted by molar-refractivity contribution is -0.241. The van der Waals surface area contributed by atoms with Crippen LogP contribution in [0.5, 0.6) is 0 Å². The van der Waals surface area contributed by atoms with Gasteiger partial charge in [0, 0.05) is 0 Å². The summed E-state index contributed by atoms with van der Waals surface area (Å²) in [6, 6.07) is 0. The van der Waals surface area contributed by atoms with E-state index in [1.165, 1.54) is 6.92 Å². The van der Waals surface area contributed by atoms with Gasteiger partial charge in [-0.25, -0.2) is 0 Å². The fourth-order valence-electron chi connectivity index (χ4n) is 1.95. The van der Waals surface area contributed by atoms with Gasteiger partial charge in [0.2, 0.25) is 0 Å². The summed E-state index contributed by atoms with van der Waals surface area (Å²) in [5, 5.41) is 12.7. The van der Waals surface area contributed by atoms with Gasteiger partial charge in [0.1, 0.15) is 17.2 Å². The van der Waals surface area contributed by atoms with Gasteiger partial charge >= 0.3 is 0 Å². The summed E-state index contributed by atoms with van der Waals surface area (Å²) < 4.78 is 0. The summed E-state index contributed by atoms with van der Waals surface area (Å²) in [5.74, 6) is -0.574. The standard InChI is InChI=1S/C11H17N2O3/c1-7(14)6-8(15)9-10(2,3)13(16)11(4,5)12-9/h6H2,1-5H3. The molecule has 0 fully saturated rings. The number of carbonyl (C=O) groups excluding carboxylic acids is 2. The van der Waals surface area contributed by atoms with Crippen LogP contribution in [-0.2, 0) is 14.8 Å². The fourth-order valence-corrected chi connectivity index (χ4v) is 1.95. The second-order valence-electron chi connectivity index (χ2n) is 5.11. The molecule has 1 heterocycles. The average Bonchev–Trinajstić information content (AvgIpc) is 2.25.